The summed E-state index contributed by atoms with van der Waals surface area (Å²) in [5.74, 6) is 0.111. The Kier molecular flexibility index (Phi) is 5.17. The smallest absolute Gasteiger partial charge is 0.258 e. The Balaban J connectivity index is 2.36. The van der Waals surface area contributed by atoms with Gasteiger partial charge in [0.05, 0.1) is 17.6 Å². The average Bonchev–Trinajstić information content (AvgIpc) is 2.43. The van der Waals surface area contributed by atoms with Gasteiger partial charge in [0.2, 0.25) is 0 Å². The molecule has 0 saturated carbocycles. The Hall–Kier alpha value is -0.920. The first-order valence-corrected chi connectivity index (χ1v) is 7.13. The number of alkyl halides is 2. The number of piperazine rings is 1. The molecule has 1 atom stereocenters. The molecule has 0 amide bonds. The minimum atomic E-state index is -2.51. The predicted octanol–water partition coefficient (Wildman–Crippen LogP) is 2.37. The molecule has 20 heavy (non-hydrogen) atoms. The molecule has 1 aromatic rings. The van der Waals surface area contributed by atoms with Crippen LogP contribution in [0.15, 0.2) is 16.6 Å². The van der Waals surface area contributed by atoms with Gasteiger partial charge in [-0.1, -0.05) is 0 Å². The van der Waals surface area contributed by atoms with Gasteiger partial charge >= 0.3 is 0 Å². The molecule has 1 heterocycles. The second kappa shape index (κ2) is 6.69. The number of nitrogens with one attached hydrogen (secondary N) is 1. The summed E-state index contributed by atoms with van der Waals surface area (Å²) in [7, 11) is 1.40. The number of hydrogen-bond acceptors (Lipinski definition) is 4. The summed E-state index contributed by atoms with van der Waals surface area (Å²) in [5, 5.41) is 12.9. The van der Waals surface area contributed by atoms with Crippen LogP contribution in [0, 0.1) is 0 Å². The van der Waals surface area contributed by atoms with Crippen LogP contribution in [0.2, 0.25) is 0 Å². The van der Waals surface area contributed by atoms with E-state index >= 15 is 0 Å². The molecule has 0 aliphatic carbocycles. The number of phenols is 1. The number of methoxy groups -OCH3 is 1. The number of nitrogens with zero attached hydrogens (tertiary/aromatic N) is 1. The van der Waals surface area contributed by atoms with Gasteiger partial charge in [0.1, 0.15) is 0 Å². The number of phenolic OH excluding ortho intramolecular Hbond substituents is 1. The van der Waals surface area contributed by atoms with Gasteiger partial charge in [-0.2, -0.15) is 0 Å². The monoisotopic (exact) mass is 350 g/mol. The summed E-state index contributed by atoms with van der Waals surface area (Å²) >= 11 is 3.17. The molecule has 1 aliphatic rings. The van der Waals surface area contributed by atoms with Crippen molar-refractivity contribution in [3.63, 3.8) is 0 Å². The normalized spacial score (nSPS) is 18.2. The molecular weight excluding hydrogens is 334 g/mol. The maximum atomic E-state index is 13.5. The van der Waals surface area contributed by atoms with Crippen molar-refractivity contribution < 1.29 is 18.6 Å². The van der Waals surface area contributed by atoms with Crippen molar-refractivity contribution in [2.75, 3.05) is 33.3 Å². The fourth-order valence-electron chi connectivity index (χ4n) is 2.40. The van der Waals surface area contributed by atoms with Crippen LogP contribution in [0.25, 0.3) is 0 Å². The quantitative estimate of drug-likeness (QED) is 0.874. The standard InChI is InChI=1S/C13H17BrF2N2O2/c1-20-10-7-8(6-9(14)12(10)19)11(13(15)16)18-4-2-17-3-5-18/h6-7,11,13,17,19H,2-5H2,1H3/t11-/m0/s1. The van der Waals surface area contributed by atoms with Gasteiger partial charge < -0.3 is 15.2 Å². The van der Waals surface area contributed by atoms with Crippen LogP contribution in [0.1, 0.15) is 11.6 Å². The highest BCUT2D eigenvalue weighted by molar-refractivity contribution is 9.10. The SMILES string of the molecule is COc1cc([C@@H](C(F)F)N2CCNCC2)cc(Br)c1O. The predicted molar refractivity (Wildman–Crippen MR) is 75.5 cm³/mol. The Labute approximate surface area is 124 Å². The highest BCUT2D eigenvalue weighted by Crippen LogP contribution is 2.39. The van der Waals surface area contributed by atoms with Crippen molar-refractivity contribution in [2.24, 2.45) is 0 Å². The van der Waals surface area contributed by atoms with E-state index in [4.69, 9.17) is 4.74 Å². The van der Waals surface area contributed by atoms with Crippen molar-refractivity contribution in [2.45, 2.75) is 12.5 Å². The molecule has 0 unspecified atom stereocenters. The number of halogens is 3. The number of benzene rings is 1. The molecule has 4 nitrogen and oxygen atoms in total. The number of hydrogen-bond donors (Lipinski definition) is 2. The third kappa shape index (κ3) is 3.21. The van der Waals surface area contributed by atoms with Crippen molar-refractivity contribution in [3.8, 4) is 11.5 Å². The Bertz CT molecular complexity index is 468. The van der Waals surface area contributed by atoms with E-state index in [0.717, 1.165) is 0 Å². The Morgan fingerprint density at radius 3 is 2.55 bits per heavy atom. The molecule has 1 fully saturated rings. The number of ether oxygens (including phenoxy) is 1. The molecule has 1 saturated heterocycles. The summed E-state index contributed by atoms with van der Waals surface area (Å²) in [6.45, 7) is 2.52. The van der Waals surface area contributed by atoms with E-state index in [-0.39, 0.29) is 11.5 Å². The maximum Gasteiger partial charge on any atom is 0.258 e. The van der Waals surface area contributed by atoms with Gasteiger partial charge in [-0.15, -0.1) is 0 Å². The Morgan fingerprint density at radius 1 is 1.35 bits per heavy atom. The highest BCUT2D eigenvalue weighted by Gasteiger charge is 2.31. The second-order valence-corrected chi connectivity index (χ2v) is 5.47. The molecule has 112 valence electrons. The number of rotatable bonds is 4. The summed E-state index contributed by atoms with van der Waals surface area (Å²) in [4.78, 5) is 1.75. The van der Waals surface area contributed by atoms with Gasteiger partial charge in [0.15, 0.2) is 11.5 Å². The molecule has 1 aliphatic heterocycles. The van der Waals surface area contributed by atoms with E-state index in [2.05, 4.69) is 21.2 Å². The highest BCUT2D eigenvalue weighted by atomic mass is 79.9. The fourth-order valence-corrected chi connectivity index (χ4v) is 2.86. The first kappa shape index (κ1) is 15.5. The van der Waals surface area contributed by atoms with E-state index in [1.807, 2.05) is 0 Å². The third-order valence-corrected chi connectivity index (χ3v) is 4.00. The average molecular weight is 351 g/mol. The van der Waals surface area contributed by atoms with Crippen molar-refractivity contribution in [1.29, 1.82) is 0 Å². The minimum Gasteiger partial charge on any atom is -0.503 e. The van der Waals surface area contributed by atoms with Gasteiger partial charge in [0, 0.05) is 26.2 Å². The summed E-state index contributed by atoms with van der Waals surface area (Å²) in [6.07, 6.45) is -2.51. The summed E-state index contributed by atoms with van der Waals surface area (Å²) in [6, 6.07) is 2.00. The number of aromatic hydroxyl groups is 1. The summed E-state index contributed by atoms with van der Waals surface area (Å²) < 4.78 is 32.3. The van der Waals surface area contributed by atoms with Crippen LogP contribution in [-0.4, -0.2) is 49.7 Å². The maximum absolute atomic E-state index is 13.5. The van der Waals surface area contributed by atoms with Crippen LogP contribution >= 0.6 is 15.9 Å². The van der Waals surface area contributed by atoms with Crippen LogP contribution in [-0.2, 0) is 0 Å². The molecule has 7 heteroatoms. The van der Waals surface area contributed by atoms with Crippen LogP contribution in [0.4, 0.5) is 8.78 Å². The Morgan fingerprint density at radius 2 is 2.00 bits per heavy atom. The molecule has 0 radical (unpaired) electrons. The molecule has 1 aromatic carbocycles. The van der Waals surface area contributed by atoms with Crippen molar-refractivity contribution >= 4 is 15.9 Å². The first-order chi connectivity index (χ1) is 9.54. The van der Waals surface area contributed by atoms with E-state index in [0.29, 0.717) is 36.2 Å². The topological polar surface area (TPSA) is 44.7 Å². The third-order valence-electron chi connectivity index (χ3n) is 3.40. The fraction of sp³-hybridized carbons (Fsp3) is 0.538. The minimum absolute atomic E-state index is 0.0791. The van der Waals surface area contributed by atoms with Gasteiger partial charge in [-0.05, 0) is 33.6 Å². The molecule has 0 aromatic heterocycles. The van der Waals surface area contributed by atoms with E-state index < -0.39 is 12.5 Å². The zero-order valence-electron chi connectivity index (χ0n) is 11.1. The largest absolute Gasteiger partial charge is 0.503 e. The lowest BCUT2D eigenvalue weighted by Gasteiger charge is -2.34. The zero-order valence-corrected chi connectivity index (χ0v) is 12.7. The van der Waals surface area contributed by atoms with Crippen LogP contribution < -0.4 is 10.1 Å². The molecule has 0 bridgehead atoms. The lowest BCUT2D eigenvalue weighted by Crippen LogP contribution is -2.46. The molecule has 2 N–H and O–H groups in total. The molecule has 2 rings (SSSR count). The summed E-state index contributed by atoms with van der Waals surface area (Å²) in [5.41, 5.74) is 0.434. The van der Waals surface area contributed by atoms with E-state index in [1.54, 1.807) is 4.90 Å². The van der Waals surface area contributed by atoms with Crippen molar-refractivity contribution in [1.82, 2.24) is 10.2 Å². The van der Waals surface area contributed by atoms with Crippen LogP contribution in [0.5, 0.6) is 11.5 Å². The zero-order chi connectivity index (χ0) is 14.7. The second-order valence-electron chi connectivity index (χ2n) is 4.62. The van der Waals surface area contributed by atoms with Crippen LogP contribution in [0.3, 0.4) is 0 Å². The molecule has 0 spiro atoms. The van der Waals surface area contributed by atoms with Crippen molar-refractivity contribution in [3.05, 3.63) is 22.2 Å². The van der Waals surface area contributed by atoms with Gasteiger partial charge in [-0.3, -0.25) is 4.90 Å². The van der Waals surface area contributed by atoms with E-state index in [1.165, 1.54) is 19.2 Å². The van der Waals surface area contributed by atoms with Gasteiger partial charge in [-0.25, -0.2) is 8.78 Å². The lowest BCUT2D eigenvalue weighted by molar-refractivity contribution is 0.0180. The lowest BCUT2D eigenvalue weighted by atomic mass is 10.0. The first-order valence-electron chi connectivity index (χ1n) is 6.34. The van der Waals surface area contributed by atoms with Gasteiger partial charge in [0.25, 0.3) is 6.43 Å². The molecular formula is C13H17BrF2N2O2. The van der Waals surface area contributed by atoms with E-state index in [9.17, 15) is 13.9 Å².